The van der Waals surface area contributed by atoms with Crippen LogP contribution in [0.15, 0.2) is 40.7 Å². The summed E-state index contributed by atoms with van der Waals surface area (Å²) in [4.78, 5) is 13.7. The highest BCUT2D eigenvalue weighted by molar-refractivity contribution is 5.81. The fraction of sp³-hybridized carbons (Fsp3) is 0. The summed E-state index contributed by atoms with van der Waals surface area (Å²) in [7, 11) is 0. The summed E-state index contributed by atoms with van der Waals surface area (Å²) in [6.07, 6.45) is 1.23. The molecule has 0 aromatic heterocycles. The summed E-state index contributed by atoms with van der Waals surface area (Å²) in [5.74, 6) is 0. The topological polar surface area (TPSA) is 129 Å². The van der Waals surface area contributed by atoms with Gasteiger partial charge in [0.25, 0.3) is 5.69 Å². The highest BCUT2D eigenvalue weighted by atomic mass is 16.6. The second-order valence-electron chi connectivity index (χ2n) is 3.10. The Labute approximate surface area is 102 Å². The average molecular weight is 241 g/mol. The molecular formula is C11H7N5O2. The van der Waals surface area contributed by atoms with Crippen molar-refractivity contribution < 1.29 is 4.92 Å². The maximum absolute atomic E-state index is 10.5. The lowest BCUT2D eigenvalue weighted by Gasteiger charge is -1.94. The third-order valence-corrected chi connectivity index (χ3v) is 1.91. The van der Waals surface area contributed by atoms with Crippen LogP contribution in [-0.4, -0.2) is 11.1 Å². The maximum Gasteiger partial charge on any atom is 0.270 e. The summed E-state index contributed by atoms with van der Waals surface area (Å²) in [5, 5.41) is 27.7. The van der Waals surface area contributed by atoms with Crippen molar-refractivity contribution in [1.29, 1.82) is 10.5 Å². The smallest absolute Gasteiger partial charge is 0.270 e. The number of hydrogen-bond acceptors (Lipinski definition) is 6. The first-order valence-corrected chi connectivity index (χ1v) is 4.67. The fourth-order valence-corrected chi connectivity index (χ4v) is 1.07. The molecule has 88 valence electrons. The van der Waals surface area contributed by atoms with Crippen LogP contribution < -0.4 is 5.73 Å². The summed E-state index contributed by atoms with van der Waals surface area (Å²) < 4.78 is 0. The van der Waals surface area contributed by atoms with Crippen molar-refractivity contribution in [2.24, 2.45) is 10.7 Å². The molecule has 0 saturated carbocycles. The average Bonchev–Trinajstić information content (AvgIpc) is 2.39. The lowest BCUT2D eigenvalue weighted by molar-refractivity contribution is -0.384. The summed E-state index contributed by atoms with van der Waals surface area (Å²) in [6, 6.07) is 8.95. The normalized spacial score (nSPS) is 11.4. The van der Waals surface area contributed by atoms with E-state index >= 15 is 0 Å². The Morgan fingerprint density at radius 1 is 1.44 bits per heavy atom. The van der Waals surface area contributed by atoms with Crippen LogP contribution in [0.4, 0.5) is 5.69 Å². The van der Waals surface area contributed by atoms with Gasteiger partial charge >= 0.3 is 0 Å². The van der Waals surface area contributed by atoms with E-state index in [1.807, 2.05) is 0 Å². The quantitative estimate of drug-likeness (QED) is 0.368. The molecule has 1 rings (SSSR count). The maximum atomic E-state index is 10.5. The van der Waals surface area contributed by atoms with Crippen LogP contribution in [0.25, 0.3) is 0 Å². The number of benzene rings is 1. The molecule has 1 aromatic rings. The molecule has 0 radical (unpaired) electrons. The van der Waals surface area contributed by atoms with Gasteiger partial charge in [0.2, 0.25) is 0 Å². The van der Waals surface area contributed by atoms with Crippen molar-refractivity contribution in [2.75, 3.05) is 0 Å². The van der Waals surface area contributed by atoms with Gasteiger partial charge in [-0.2, -0.15) is 10.5 Å². The Balaban J connectivity index is 3.06. The fourth-order valence-electron chi connectivity index (χ4n) is 1.07. The van der Waals surface area contributed by atoms with Crippen molar-refractivity contribution in [3.63, 3.8) is 0 Å². The minimum absolute atomic E-state index is 0.0882. The van der Waals surface area contributed by atoms with Gasteiger partial charge in [-0.3, -0.25) is 10.1 Å². The third-order valence-electron chi connectivity index (χ3n) is 1.91. The summed E-state index contributed by atoms with van der Waals surface area (Å²) >= 11 is 0. The van der Waals surface area contributed by atoms with Crippen LogP contribution in [0.1, 0.15) is 5.56 Å². The van der Waals surface area contributed by atoms with Crippen molar-refractivity contribution in [1.82, 2.24) is 0 Å². The van der Waals surface area contributed by atoms with E-state index in [2.05, 4.69) is 4.99 Å². The van der Waals surface area contributed by atoms with Crippen LogP contribution in [0.3, 0.4) is 0 Å². The lowest BCUT2D eigenvalue weighted by atomic mass is 10.2. The van der Waals surface area contributed by atoms with Crippen LogP contribution in [0.5, 0.6) is 0 Å². The molecule has 7 heteroatoms. The van der Waals surface area contributed by atoms with Crippen LogP contribution in [0.2, 0.25) is 0 Å². The van der Waals surface area contributed by atoms with Crippen molar-refractivity contribution in [3.05, 3.63) is 51.3 Å². The van der Waals surface area contributed by atoms with Crippen molar-refractivity contribution >= 4 is 11.9 Å². The Morgan fingerprint density at radius 3 is 2.72 bits per heavy atom. The first-order valence-electron chi connectivity index (χ1n) is 4.67. The molecule has 0 spiro atoms. The van der Waals surface area contributed by atoms with Gasteiger partial charge < -0.3 is 5.73 Å². The number of aliphatic imine (C=N–C) groups is 1. The molecule has 0 aliphatic rings. The van der Waals surface area contributed by atoms with Gasteiger partial charge in [-0.05, 0) is 5.56 Å². The molecule has 0 unspecified atom stereocenters. The van der Waals surface area contributed by atoms with E-state index in [0.717, 1.165) is 0 Å². The number of non-ortho nitro benzene ring substituents is 1. The number of allylic oxidation sites excluding steroid dienone is 2. The largest absolute Gasteiger partial charge is 0.388 e. The second kappa shape index (κ2) is 5.77. The SMILES string of the molecule is N#CC(N)=C(C#N)N=Cc1cccc([N+](=O)[O-])c1. The first-order chi connectivity index (χ1) is 8.58. The summed E-state index contributed by atoms with van der Waals surface area (Å²) in [5.41, 5.74) is 5.05. The molecule has 0 aliphatic carbocycles. The molecule has 7 nitrogen and oxygen atoms in total. The zero-order valence-corrected chi connectivity index (χ0v) is 9.07. The third kappa shape index (κ3) is 3.15. The molecule has 0 fully saturated rings. The molecular weight excluding hydrogens is 234 g/mol. The van der Waals surface area contributed by atoms with Crippen LogP contribution >= 0.6 is 0 Å². The number of nitriles is 2. The Kier molecular flexibility index (Phi) is 4.13. The Hall–Kier alpha value is -3.19. The molecule has 0 heterocycles. The number of hydrogen-bond donors (Lipinski definition) is 1. The lowest BCUT2D eigenvalue weighted by Crippen LogP contribution is -1.97. The zero-order chi connectivity index (χ0) is 13.5. The summed E-state index contributed by atoms with van der Waals surface area (Å²) in [6.45, 7) is 0. The predicted octanol–water partition coefficient (Wildman–Crippen LogP) is 1.23. The Morgan fingerprint density at radius 2 is 2.17 bits per heavy atom. The minimum atomic E-state index is -0.540. The number of rotatable bonds is 3. The van der Waals surface area contributed by atoms with Gasteiger partial charge in [0, 0.05) is 18.3 Å². The van der Waals surface area contributed by atoms with Gasteiger partial charge in [-0.15, -0.1) is 0 Å². The minimum Gasteiger partial charge on any atom is -0.388 e. The predicted molar refractivity (Wildman–Crippen MR) is 63.1 cm³/mol. The van der Waals surface area contributed by atoms with Gasteiger partial charge in [-0.1, -0.05) is 12.1 Å². The number of nitrogens with two attached hydrogens (primary N) is 1. The molecule has 0 bridgehead atoms. The second-order valence-corrected chi connectivity index (χ2v) is 3.10. The molecule has 2 N–H and O–H groups in total. The van der Waals surface area contributed by atoms with Crippen molar-refractivity contribution in [3.8, 4) is 12.1 Å². The molecule has 18 heavy (non-hydrogen) atoms. The molecule has 0 saturated heterocycles. The first kappa shape index (κ1) is 12.9. The van der Waals surface area contributed by atoms with Crippen LogP contribution in [-0.2, 0) is 0 Å². The molecule has 0 aliphatic heterocycles. The molecule has 0 atom stereocenters. The molecule has 1 aromatic carbocycles. The van der Waals surface area contributed by atoms with Crippen molar-refractivity contribution in [2.45, 2.75) is 0 Å². The number of nitrogens with zero attached hydrogens (tertiary/aromatic N) is 4. The Bertz CT molecular complexity index is 619. The number of nitro benzene ring substituents is 1. The highest BCUT2D eigenvalue weighted by Crippen LogP contribution is 2.12. The standard InChI is InChI=1S/C11H7N5O2/c12-5-10(14)11(6-13)15-7-8-2-1-3-9(4-8)16(17)18/h1-4,7H,14H2. The van der Waals surface area contributed by atoms with Gasteiger partial charge in [-0.25, -0.2) is 4.99 Å². The van der Waals surface area contributed by atoms with E-state index in [9.17, 15) is 10.1 Å². The van der Waals surface area contributed by atoms with E-state index in [1.54, 1.807) is 18.2 Å². The van der Waals surface area contributed by atoms with Gasteiger partial charge in [0.15, 0.2) is 5.70 Å². The van der Waals surface area contributed by atoms with E-state index < -0.39 is 4.92 Å². The number of nitro groups is 1. The zero-order valence-electron chi connectivity index (χ0n) is 9.07. The van der Waals surface area contributed by atoms with E-state index in [4.69, 9.17) is 16.3 Å². The highest BCUT2D eigenvalue weighted by Gasteiger charge is 2.04. The van der Waals surface area contributed by atoms with E-state index in [-0.39, 0.29) is 17.1 Å². The van der Waals surface area contributed by atoms with E-state index in [0.29, 0.717) is 5.56 Å². The van der Waals surface area contributed by atoms with Gasteiger partial charge in [0.05, 0.1) is 4.92 Å². The monoisotopic (exact) mass is 241 g/mol. The van der Waals surface area contributed by atoms with Gasteiger partial charge in [0.1, 0.15) is 17.8 Å². The van der Waals surface area contributed by atoms with E-state index in [1.165, 1.54) is 24.4 Å². The van der Waals surface area contributed by atoms with Crippen LogP contribution in [0, 0.1) is 32.8 Å². The molecule has 0 amide bonds.